The Bertz CT molecular complexity index is 496. The summed E-state index contributed by atoms with van der Waals surface area (Å²) in [5.41, 5.74) is 2.73. The quantitative estimate of drug-likeness (QED) is 0.768. The third-order valence-corrected chi connectivity index (χ3v) is 4.18. The average molecular weight is 271 g/mol. The maximum absolute atomic E-state index is 3.45. The largest absolute Gasteiger partial charge is 0.310 e. The standard InChI is InChI=1S/C17H21NS/c1-3-18-14(2)16-10-7-11-17(12-16)19-13-15-8-5-4-6-9-15/h4-12,14,18H,3,13H2,1-2H3. The number of hydrogen-bond donors (Lipinski definition) is 1. The van der Waals surface area contributed by atoms with E-state index in [1.807, 2.05) is 11.8 Å². The first-order valence-corrected chi connectivity index (χ1v) is 7.78. The van der Waals surface area contributed by atoms with Gasteiger partial charge in [0.2, 0.25) is 0 Å². The van der Waals surface area contributed by atoms with Gasteiger partial charge in [0, 0.05) is 16.7 Å². The number of rotatable bonds is 6. The van der Waals surface area contributed by atoms with Crippen LogP contribution in [0.4, 0.5) is 0 Å². The molecule has 1 unspecified atom stereocenters. The minimum absolute atomic E-state index is 0.419. The van der Waals surface area contributed by atoms with Crippen LogP contribution < -0.4 is 5.32 Å². The molecule has 2 aromatic rings. The first-order chi connectivity index (χ1) is 9.29. The molecule has 19 heavy (non-hydrogen) atoms. The molecule has 0 aromatic heterocycles. The molecule has 1 atom stereocenters. The molecular formula is C17H21NS. The second-order valence-electron chi connectivity index (χ2n) is 4.63. The Kier molecular flexibility index (Phi) is 5.49. The molecule has 2 aromatic carbocycles. The number of thioether (sulfide) groups is 1. The van der Waals surface area contributed by atoms with Crippen molar-refractivity contribution in [2.45, 2.75) is 30.5 Å². The normalized spacial score (nSPS) is 12.3. The van der Waals surface area contributed by atoms with Gasteiger partial charge in [-0.15, -0.1) is 11.8 Å². The first-order valence-electron chi connectivity index (χ1n) is 6.79. The Hall–Kier alpha value is -1.25. The van der Waals surface area contributed by atoms with E-state index in [0.717, 1.165) is 12.3 Å². The second-order valence-corrected chi connectivity index (χ2v) is 5.67. The van der Waals surface area contributed by atoms with Gasteiger partial charge in [-0.25, -0.2) is 0 Å². The minimum Gasteiger partial charge on any atom is -0.310 e. The summed E-state index contributed by atoms with van der Waals surface area (Å²) in [7, 11) is 0. The van der Waals surface area contributed by atoms with Crippen LogP contribution in [0.25, 0.3) is 0 Å². The van der Waals surface area contributed by atoms with Gasteiger partial charge in [0.1, 0.15) is 0 Å². The van der Waals surface area contributed by atoms with Gasteiger partial charge in [0.25, 0.3) is 0 Å². The maximum atomic E-state index is 3.45. The summed E-state index contributed by atoms with van der Waals surface area (Å²) in [5, 5.41) is 3.45. The van der Waals surface area contributed by atoms with Gasteiger partial charge in [-0.1, -0.05) is 49.4 Å². The van der Waals surface area contributed by atoms with E-state index in [1.165, 1.54) is 16.0 Å². The lowest BCUT2D eigenvalue weighted by molar-refractivity contribution is 0.597. The van der Waals surface area contributed by atoms with Crippen molar-refractivity contribution >= 4 is 11.8 Å². The average Bonchev–Trinajstić information content (AvgIpc) is 2.47. The van der Waals surface area contributed by atoms with Crippen LogP contribution in [0.3, 0.4) is 0 Å². The predicted octanol–water partition coefficient (Wildman–Crippen LogP) is 4.65. The van der Waals surface area contributed by atoms with Gasteiger partial charge >= 0.3 is 0 Å². The molecule has 0 saturated carbocycles. The van der Waals surface area contributed by atoms with E-state index in [2.05, 4.69) is 73.8 Å². The Balaban J connectivity index is 1.99. The van der Waals surface area contributed by atoms with Crippen molar-refractivity contribution in [3.8, 4) is 0 Å². The van der Waals surface area contributed by atoms with Crippen LogP contribution in [-0.2, 0) is 5.75 Å². The summed E-state index contributed by atoms with van der Waals surface area (Å²) in [6, 6.07) is 19.9. The third-order valence-electron chi connectivity index (χ3n) is 3.12. The molecule has 1 nitrogen and oxygen atoms in total. The smallest absolute Gasteiger partial charge is 0.0292 e. The molecule has 0 aliphatic carbocycles. The fraction of sp³-hybridized carbons (Fsp3) is 0.294. The molecule has 0 aliphatic heterocycles. The van der Waals surface area contributed by atoms with E-state index in [0.29, 0.717) is 6.04 Å². The molecule has 0 bridgehead atoms. The summed E-state index contributed by atoms with van der Waals surface area (Å²) in [5.74, 6) is 1.03. The highest BCUT2D eigenvalue weighted by Gasteiger charge is 2.04. The van der Waals surface area contributed by atoms with Crippen molar-refractivity contribution in [3.05, 3.63) is 65.7 Å². The molecule has 0 amide bonds. The zero-order chi connectivity index (χ0) is 13.5. The Morgan fingerprint density at radius 2 is 1.84 bits per heavy atom. The van der Waals surface area contributed by atoms with E-state index in [-0.39, 0.29) is 0 Å². The SMILES string of the molecule is CCNC(C)c1cccc(SCc2ccccc2)c1. The predicted molar refractivity (Wildman–Crippen MR) is 84.5 cm³/mol. The molecule has 0 fully saturated rings. The molecule has 0 saturated heterocycles. The van der Waals surface area contributed by atoms with Crippen LogP contribution in [0, 0.1) is 0 Å². The van der Waals surface area contributed by atoms with Crippen LogP contribution in [-0.4, -0.2) is 6.54 Å². The van der Waals surface area contributed by atoms with Crippen molar-refractivity contribution in [3.63, 3.8) is 0 Å². The van der Waals surface area contributed by atoms with Crippen LogP contribution in [0.1, 0.15) is 31.0 Å². The lowest BCUT2D eigenvalue weighted by atomic mass is 10.1. The number of nitrogens with one attached hydrogen (secondary N) is 1. The van der Waals surface area contributed by atoms with E-state index in [1.54, 1.807) is 0 Å². The van der Waals surface area contributed by atoms with E-state index in [9.17, 15) is 0 Å². The highest BCUT2D eigenvalue weighted by atomic mass is 32.2. The lowest BCUT2D eigenvalue weighted by Gasteiger charge is -2.13. The molecule has 0 spiro atoms. The van der Waals surface area contributed by atoms with Gasteiger partial charge in [-0.2, -0.15) is 0 Å². The molecular weight excluding hydrogens is 250 g/mol. The summed E-state index contributed by atoms with van der Waals surface area (Å²) in [6.07, 6.45) is 0. The first kappa shape index (κ1) is 14.2. The Morgan fingerprint density at radius 3 is 2.58 bits per heavy atom. The van der Waals surface area contributed by atoms with Crippen molar-refractivity contribution in [2.24, 2.45) is 0 Å². The summed E-state index contributed by atoms with van der Waals surface area (Å²) < 4.78 is 0. The van der Waals surface area contributed by atoms with Crippen molar-refractivity contribution in [1.29, 1.82) is 0 Å². The van der Waals surface area contributed by atoms with Crippen LogP contribution in [0.5, 0.6) is 0 Å². The summed E-state index contributed by atoms with van der Waals surface area (Å²) in [4.78, 5) is 1.34. The second kappa shape index (κ2) is 7.37. The minimum atomic E-state index is 0.419. The summed E-state index contributed by atoms with van der Waals surface area (Å²) in [6.45, 7) is 5.36. The zero-order valence-electron chi connectivity index (χ0n) is 11.6. The molecule has 1 N–H and O–H groups in total. The molecule has 2 heteroatoms. The zero-order valence-corrected chi connectivity index (χ0v) is 12.4. The van der Waals surface area contributed by atoms with Crippen LogP contribution in [0.15, 0.2) is 59.5 Å². The van der Waals surface area contributed by atoms with Crippen molar-refractivity contribution in [2.75, 3.05) is 6.54 Å². The molecule has 0 radical (unpaired) electrons. The highest BCUT2D eigenvalue weighted by Crippen LogP contribution is 2.25. The van der Waals surface area contributed by atoms with Gasteiger partial charge in [0.05, 0.1) is 0 Å². The van der Waals surface area contributed by atoms with Gasteiger partial charge in [0.15, 0.2) is 0 Å². The Labute approximate surface area is 120 Å². The molecule has 0 heterocycles. The van der Waals surface area contributed by atoms with Crippen molar-refractivity contribution < 1.29 is 0 Å². The summed E-state index contributed by atoms with van der Waals surface area (Å²) >= 11 is 1.90. The topological polar surface area (TPSA) is 12.0 Å². The van der Waals surface area contributed by atoms with Crippen LogP contribution in [0.2, 0.25) is 0 Å². The van der Waals surface area contributed by atoms with Gasteiger partial charge in [-0.05, 0) is 36.7 Å². The van der Waals surface area contributed by atoms with E-state index < -0.39 is 0 Å². The van der Waals surface area contributed by atoms with E-state index in [4.69, 9.17) is 0 Å². The lowest BCUT2D eigenvalue weighted by Crippen LogP contribution is -2.17. The molecule has 2 rings (SSSR count). The molecule has 100 valence electrons. The third kappa shape index (κ3) is 4.41. The maximum Gasteiger partial charge on any atom is 0.0292 e. The number of benzene rings is 2. The van der Waals surface area contributed by atoms with Crippen molar-refractivity contribution in [1.82, 2.24) is 5.32 Å². The highest BCUT2D eigenvalue weighted by molar-refractivity contribution is 7.98. The van der Waals surface area contributed by atoms with Crippen LogP contribution >= 0.6 is 11.8 Å². The van der Waals surface area contributed by atoms with Gasteiger partial charge < -0.3 is 5.32 Å². The van der Waals surface area contributed by atoms with E-state index >= 15 is 0 Å². The monoisotopic (exact) mass is 271 g/mol. The Morgan fingerprint density at radius 1 is 1.05 bits per heavy atom. The number of hydrogen-bond acceptors (Lipinski definition) is 2. The molecule has 0 aliphatic rings. The van der Waals surface area contributed by atoms with Gasteiger partial charge in [-0.3, -0.25) is 0 Å². The fourth-order valence-corrected chi connectivity index (χ4v) is 2.96. The fourth-order valence-electron chi connectivity index (χ4n) is 2.04.